The summed E-state index contributed by atoms with van der Waals surface area (Å²) in [5.74, 6) is 0.859. The van der Waals surface area contributed by atoms with Crippen molar-refractivity contribution in [2.75, 3.05) is 25.0 Å². The SMILES string of the molecule is CC(C)(C)C1CCN(C(=O)C2(CNc3ccc(C(F)(F)F)cc3)CCCC2)CC1. The number of nitrogens with zero attached hydrogens (tertiary/aromatic N) is 1. The molecule has 2 fully saturated rings. The third-order valence-corrected chi connectivity index (χ3v) is 6.86. The van der Waals surface area contributed by atoms with E-state index in [4.69, 9.17) is 0 Å². The fraction of sp³-hybridized carbons (Fsp3) is 0.696. The van der Waals surface area contributed by atoms with E-state index in [1.54, 1.807) is 0 Å². The smallest absolute Gasteiger partial charge is 0.384 e. The molecule has 1 N–H and O–H groups in total. The normalized spacial score (nSPS) is 20.7. The Bertz CT molecular complexity index is 692. The third kappa shape index (κ3) is 5.07. The lowest BCUT2D eigenvalue weighted by Gasteiger charge is -2.42. The molecule has 1 amide bonds. The first-order chi connectivity index (χ1) is 13.5. The molecule has 0 spiro atoms. The molecule has 29 heavy (non-hydrogen) atoms. The summed E-state index contributed by atoms with van der Waals surface area (Å²) >= 11 is 0. The maximum absolute atomic E-state index is 13.4. The Morgan fingerprint density at radius 3 is 2.10 bits per heavy atom. The number of carbonyl (C=O) groups excluding carboxylic acids is 1. The molecule has 1 aliphatic carbocycles. The predicted molar refractivity (Wildman–Crippen MR) is 110 cm³/mol. The monoisotopic (exact) mass is 410 g/mol. The Morgan fingerprint density at radius 1 is 1.07 bits per heavy atom. The van der Waals surface area contributed by atoms with E-state index in [1.165, 1.54) is 12.1 Å². The number of carbonyl (C=O) groups is 1. The quantitative estimate of drug-likeness (QED) is 0.664. The number of nitrogens with one attached hydrogen (secondary N) is 1. The van der Waals surface area contributed by atoms with Crippen LogP contribution >= 0.6 is 0 Å². The van der Waals surface area contributed by atoms with Crippen molar-refractivity contribution >= 4 is 11.6 Å². The summed E-state index contributed by atoms with van der Waals surface area (Å²) in [4.78, 5) is 15.5. The molecule has 1 aromatic rings. The van der Waals surface area contributed by atoms with Crippen LogP contribution in [0.1, 0.15) is 64.9 Å². The Hall–Kier alpha value is -1.72. The van der Waals surface area contributed by atoms with Crippen LogP contribution in [0.25, 0.3) is 0 Å². The average Bonchev–Trinajstić information content (AvgIpc) is 3.15. The Kier molecular flexibility index (Phi) is 6.21. The van der Waals surface area contributed by atoms with Gasteiger partial charge in [-0.15, -0.1) is 0 Å². The van der Waals surface area contributed by atoms with Gasteiger partial charge in [0, 0.05) is 25.3 Å². The van der Waals surface area contributed by atoms with Crippen LogP contribution in [0.15, 0.2) is 24.3 Å². The first kappa shape index (κ1) is 22.0. The van der Waals surface area contributed by atoms with E-state index in [1.807, 2.05) is 4.90 Å². The summed E-state index contributed by atoms with van der Waals surface area (Å²) in [6.07, 6.45) is 1.49. The lowest BCUT2D eigenvalue weighted by Crippen LogP contribution is -2.50. The number of alkyl halides is 3. The summed E-state index contributed by atoms with van der Waals surface area (Å²) in [6.45, 7) is 8.90. The van der Waals surface area contributed by atoms with Gasteiger partial charge in [-0.25, -0.2) is 0 Å². The van der Waals surface area contributed by atoms with E-state index in [2.05, 4.69) is 26.1 Å². The van der Waals surface area contributed by atoms with E-state index in [9.17, 15) is 18.0 Å². The third-order valence-electron chi connectivity index (χ3n) is 6.86. The molecule has 1 heterocycles. The zero-order valence-corrected chi connectivity index (χ0v) is 17.7. The number of halogens is 3. The van der Waals surface area contributed by atoms with Crippen molar-refractivity contribution in [2.24, 2.45) is 16.7 Å². The van der Waals surface area contributed by atoms with Gasteiger partial charge in [0.15, 0.2) is 0 Å². The number of benzene rings is 1. The second kappa shape index (κ2) is 8.19. The number of anilines is 1. The highest BCUT2D eigenvalue weighted by Gasteiger charge is 2.44. The van der Waals surface area contributed by atoms with Crippen LogP contribution in [-0.4, -0.2) is 30.4 Å². The number of hydrogen-bond donors (Lipinski definition) is 1. The molecule has 2 aliphatic rings. The number of amides is 1. The largest absolute Gasteiger partial charge is 0.416 e. The first-order valence-electron chi connectivity index (χ1n) is 10.7. The van der Waals surface area contributed by atoms with Crippen LogP contribution in [-0.2, 0) is 11.0 Å². The van der Waals surface area contributed by atoms with E-state index < -0.39 is 17.2 Å². The minimum absolute atomic E-state index is 0.224. The molecule has 0 atom stereocenters. The van der Waals surface area contributed by atoms with Crippen molar-refractivity contribution in [3.8, 4) is 0 Å². The first-order valence-corrected chi connectivity index (χ1v) is 10.7. The van der Waals surface area contributed by atoms with Gasteiger partial charge in [-0.05, 0) is 61.3 Å². The second-order valence-corrected chi connectivity index (χ2v) is 9.85. The highest BCUT2D eigenvalue weighted by Crippen LogP contribution is 2.42. The minimum atomic E-state index is -4.33. The standard InChI is InChI=1S/C23H33F3N2O/c1-21(2,3)17-10-14-28(15-11-17)20(29)22(12-4-5-13-22)16-27-19-8-6-18(7-9-19)23(24,25)26/h6-9,17,27H,4-5,10-16H2,1-3H3. The summed E-state index contributed by atoms with van der Waals surface area (Å²) in [6, 6.07) is 5.07. The van der Waals surface area contributed by atoms with Crippen molar-refractivity contribution in [2.45, 2.75) is 65.5 Å². The molecule has 1 saturated carbocycles. The van der Waals surface area contributed by atoms with Crippen LogP contribution in [0.4, 0.5) is 18.9 Å². The number of hydrogen-bond acceptors (Lipinski definition) is 2. The predicted octanol–water partition coefficient (Wildman–Crippen LogP) is 5.96. The number of piperidine rings is 1. The summed E-state index contributed by atoms with van der Waals surface area (Å²) < 4.78 is 38.3. The number of likely N-dealkylation sites (tertiary alicyclic amines) is 1. The molecule has 3 nitrogen and oxygen atoms in total. The van der Waals surface area contributed by atoms with Crippen LogP contribution in [0.5, 0.6) is 0 Å². The molecule has 0 aromatic heterocycles. The number of rotatable bonds is 4. The van der Waals surface area contributed by atoms with Crippen molar-refractivity contribution in [3.05, 3.63) is 29.8 Å². The van der Waals surface area contributed by atoms with Crippen molar-refractivity contribution in [3.63, 3.8) is 0 Å². The fourth-order valence-electron chi connectivity index (χ4n) is 4.85. The van der Waals surface area contributed by atoms with Crippen LogP contribution < -0.4 is 5.32 Å². The van der Waals surface area contributed by atoms with Gasteiger partial charge in [-0.1, -0.05) is 33.6 Å². The molecule has 1 aromatic carbocycles. The van der Waals surface area contributed by atoms with E-state index in [-0.39, 0.29) is 11.3 Å². The average molecular weight is 411 g/mol. The van der Waals surface area contributed by atoms with Crippen molar-refractivity contribution < 1.29 is 18.0 Å². The Labute approximate surface area is 172 Å². The van der Waals surface area contributed by atoms with Gasteiger partial charge < -0.3 is 10.2 Å². The van der Waals surface area contributed by atoms with Crippen LogP contribution in [0.2, 0.25) is 0 Å². The topological polar surface area (TPSA) is 32.3 Å². The zero-order chi connectivity index (χ0) is 21.3. The molecular formula is C23H33F3N2O. The summed E-state index contributed by atoms with van der Waals surface area (Å²) in [5.41, 5.74) is -0.193. The fourth-order valence-corrected chi connectivity index (χ4v) is 4.85. The lowest BCUT2D eigenvalue weighted by atomic mass is 9.74. The highest BCUT2D eigenvalue weighted by atomic mass is 19.4. The molecule has 0 bridgehead atoms. The Morgan fingerprint density at radius 2 is 1.62 bits per heavy atom. The second-order valence-electron chi connectivity index (χ2n) is 9.85. The molecule has 0 unspecified atom stereocenters. The molecule has 3 rings (SSSR count). The van der Waals surface area contributed by atoms with Gasteiger partial charge in [-0.3, -0.25) is 4.79 Å². The maximum atomic E-state index is 13.4. The molecule has 1 saturated heterocycles. The lowest BCUT2D eigenvalue weighted by molar-refractivity contribution is -0.143. The van der Waals surface area contributed by atoms with Gasteiger partial charge >= 0.3 is 6.18 Å². The molecule has 162 valence electrons. The summed E-state index contributed by atoms with van der Waals surface area (Å²) in [5, 5.41) is 3.24. The van der Waals surface area contributed by atoms with E-state index in [0.717, 1.165) is 63.7 Å². The van der Waals surface area contributed by atoms with Crippen LogP contribution in [0, 0.1) is 16.7 Å². The van der Waals surface area contributed by atoms with E-state index in [0.29, 0.717) is 18.2 Å². The highest BCUT2D eigenvalue weighted by molar-refractivity contribution is 5.84. The molecular weight excluding hydrogens is 377 g/mol. The summed E-state index contributed by atoms with van der Waals surface area (Å²) in [7, 11) is 0. The van der Waals surface area contributed by atoms with Gasteiger partial charge in [-0.2, -0.15) is 13.2 Å². The zero-order valence-electron chi connectivity index (χ0n) is 17.7. The van der Waals surface area contributed by atoms with Crippen molar-refractivity contribution in [1.29, 1.82) is 0 Å². The van der Waals surface area contributed by atoms with Crippen molar-refractivity contribution in [1.82, 2.24) is 4.90 Å². The molecule has 1 aliphatic heterocycles. The Balaban J connectivity index is 1.63. The molecule has 6 heteroatoms. The van der Waals surface area contributed by atoms with E-state index >= 15 is 0 Å². The van der Waals surface area contributed by atoms with Crippen LogP contribution in [0.3, 0.4) is 0 Å². The van der Waals surface area contributed by atoms with Gasteiger partial charge in [0.2, 0.25) is 5.91 Å². The van der Waals surface area contributed by atoms with Gasteiger partial charge in [0.05, 0.1) is 11.0 Å². The minimum Gasteiger partial charge on any atom is -0.384 e. The van der Waals surface area contributed by atoms with Gasteiger partial charge in [0.25, 0.3) is 0 Å². The van der Waals surface area contributed by atoms with Gasteiger partial charge in [0.1, 0.15) is 0 Å². The maximum Gasteiger partial charge on any atom is 0.416 e. The molecule has 0 radical (unpaired) electrons.